The molecule has 0 aliphatic heterocycles. The van der Waals surface area contributed by atoms with Gasteiger partial charge in [-0.05, 0) is 18.3 Å². The fraction of sp³-hybridized carbons (Fsp3) is 0.556. The molecule has 0 saturated heterocycles. The van der Waals surface area contributed by atoms with Gasteiger partial charge in [-0.2, -0.15) is 0 Å². The third-order valence-corrected chi connectivity index (χ3v) is 6.91. The molecule has 0 unspecified atom stereocenters. The van der Waals surface area contributed by atoms with Crippen molar-refractivity contribution in [3.8, 4) is 0 Å². The second-order valence-electron chi connectivity index (χ2n) is 3.88. The Balaban J connectivity index is 2.42. The first-order chi connectivity index (χ1) is 6.75. The summed E-state index contributed by atoms with van der Waals surface area (Å²) in [4.78, 5) is 0. The van der Waals surface area contributed by atoms with Crippen molar-refractivity contribution in [3.63, 3.8) is 0 Å². The molecule has 0 heterocycles. The van der Waals surface area contributed by atoms with E-state index in [2.05, 4.69) is 6.58 Å². The lowest BCUT2D eigenvalue weighted by atomic mass is 10.0. The molecule has 0 aromatic rings. The van der Waals surface area contributed by atoms with Crippen LogP contribution in [0.4, 0.5) is 0 Å². The van der Waals surface area contributed by atoms with E-state index in [0.29, 0.717) is 5.57 Å². The van der Waals surface area contributed by atoms with Gasteiger partial charge in [-0.1, -0.05) is 59.1 Å². The van der Waals surface area contributed by atoms with Gasteiger partial charge in [0.1, 0.15) is 0 Å². The van der Waals surface area contributed by atoms with Crippen molar-refractivity contribution < 1.29 is 8.42 Å². The minimum absolute atomic E-state index is 0.0804. The molecule has 6 heteroatoms. The van der Waals surface area contributed by atoms with Crippen molar-refractivity contribution in [3.05, 3.63) is 24.3 Å². The average molecular weight is 288 g/mol. The Morgan fingerprint density at radius 1 is 1.33 bits per heavy atom. The maximum atomic E-state index is 12.0. The first-order valence-corrected chi connectivity index (χ1v) is 7.10. The summed E-state index contributed by atoms with van der Waals surface area (Å²) in [5.74, 6) is 0.0465. The van der Waals surface area contributed by atoms with Crippen LogP contribution in [-0.2, 0) is 9.84 Å². The summed E-state index contributed by atoms with van der Waals surface area (Å²) in [5, 5.41) is -0.736. The Bertz CT molecular complexity index is 433. The summed E-state index contributed by atoms with van der Waals surface area (Å²) in [6.07, 6.45) is 4.61. The molecular weight excluding hydrogens is 279 g/mol. The normalized spacial score (nSPS) is 35.1. The second-order valence-corrected chi connectivity index (χ2v) is 9.04. The van der Waals surface area contributed by atoms with Crippen LogP contribution in [0.15, 0.2) is 24.3 Å². The lowest BCUT2D eigenvalue weighted by molar-refractivity contribution is 0.573. The van der Waals surface area contributed by atoms with Crippen molar-refractivity contribution in [2.45, 2.75) is 14.8 Å². The van der Waals surface area contributed by atoms with Crippen LogP contribution in [0.1, 0.15) is 6.42 Å². The van der Waals surface area contributed by atoms with Crippen LogP contribution in [0.5, 0.6) is 0 Å². The van der Waals surface area contributed by atoms with E-state index in [0.717, 1.165) is 6.42 Å². The van der Waals surface area contributed by atoms with Gasteiger partial charge < -0.3 is 0 Å². The van der Waals surface area contributed by atoms with Crippen molar-refractivity contribution in [2.24, 2.45) is 11.8 Å². The molecule has 3 atom stereocenters. The molecule has 2 aliphatic carbocycles. The molecule has 2 aliphatic rings. The van der Waals surface area contributed by atoms with Gasteiger partial charge >= 0.3 is 0 Å². The number of fused-ring (bicyclic) bond motifs is 2. The third-order valence-electron chi connectivity index (χ3n) is 3.00. The number of halogens is 3. The summed E-state index contributed by atoms with van der Waals surface area (Å²) in [6.45, 7) is 3.79. The van der Waals surface area contributed by atoms with E-state index in [9.17, 15) is 8.42 Å². The van der Waals surface area contributed by atoms with Crippen molar-refractivity contribution >= 4 is 44.6 Å². The molecule has 15 heavy (non-hydrogen) atoms. The van der Waals surface area contributed by atoms with Crippen LogP contribution in [0.2, 0.25) is 0 Å². The molecule has 0 aromatic carbocycles. The molecule has 0 amide bonds. The highest BCUT2D eigenvalue weighted by molar-refractivity contribution is 7.98. The number of allylic oxidation sites excluding steroid dienone is 2. The second kappa shape index (κ2) is 3.39. The van der Waals surface area contributed by atoms with E-state index in [1.54, 1.807) is 0 Å². The van der Waals surface area contributed by atoms with Gasteiger partial charge in [0.15, 0.2) is 0 Å². The Kier molecular flexibility index (Phi) is 2.66. The topological polar surface area (TPSA) is 34.1 Å². The number of hydrogen-bond acceptors (Lipinski definition) is 2. The lowest BCUT2D eigenvalue weighted by Crippen LogP contribution is -2.35. The van der Waals surface area contributed by atoms with E-state index in [1.807, 2.05) is 12.2 Å². The first-order valence-electron chi connectivity index (χ1n) is 4.42. The van der Waals surface area contributed by atoms with Gasteiger partial charge in [0.05, 0.1) is 5.25 Å². The molecule has 0 aromatic heterocycles. The Hall–Kier alpha value is 0.300. The summed E-state index contributed by atoms with van der Waals surface area (Å²) in [6, 6.07) is 0. The largest absolute Gasteiger partial charge is 0.293 e. The van der Waals surface area contributed by atoms with Crippen molar-refractivity contribution in [2.75, 3.05) is 0 Å². The van der Waals surface area contributed by atoms with E-state index in [-0.39, 0.29) is 11.8 Å². The number of sulfone groups is 1. The molecule has 2 bridgehead atoms. The van der Waals surface area contributed by atoms with Gasteiger partial charge in [-0.25, -0.2) is 8.42 Å². The maximum Gasteiger partial charge on any atom is 0.293 e. The SMILES string of the molecule is C=C1[C@@H](S(=O)(=O)C(Cl)(Cl)Cl)[C@@H]2C=C[C@H]1C2. The van der Waals surface area contributed by atoms with Crippen molar-refractivity contribution in [1.82, 2.24) is 0 Å². The fourth-order valence-corrected chi connectivity index (χ4v) is 4.67. The van der Waals surface area contributed by atoms with Crippen LogP contribution in [0.25, 0.3) is 0 Å². The lowest BCUT2D eigenvalue weighted by Gasteiger charge is -2.24. The zero-order valence-corrected chi connectivity index (χ0v) is 10.7. The molecule has 0 N–H and O–H groups in total. The highest BCUT2D eigenvalue weighted by Crippen LogP contribution is 2.50. The molecule has 0 radical (unpaired) electrons. The predicted octanol–water partition coefficient (Wildman–Crippen LogP) is 2.86. The highest BCUT2D eigenvalue weighted by Gasteiger charge is 2.53. The number of hydrogen-bond donors (Lipinski definition) is 0. The van der Waals surface area contributed by atoms with Gasteiger partial charge in [-0.15, -0.1) is 0 Å². The van der Waals surface area contributed by atoms with Crippen LogP contribution in [0.3, 0.4) is 0 Å². The molecular formula is C9H9Cl3O2S. The Labute approximate surface area is 104 Å². The highest BCUT2D eigenvalue weighted by atomic mass is 35.6. The van der Waals surface area contributed by atoms with E-state index < -0.39 is 18.2 Å². The van der Waals surface area contributed by atoms with E-state index in [4.69, 9.17) is 34.8 Å². The number of rotatable bonds is 1. The Morgan fingerprint density at radius 3 is 2.33 bits per heavy atom. The van der Waals surface area contributed by atoms with E-state index in [1.165, 1.54) is 0 Å². The molecule has 2 rings (SSSR count). The van der Waals surface area contributed by atoms with Crippen LogP contribution < -0.4 is 0 Å². The van der Waals surface area contributed by atoms with Crippen LogP contribution >= 0.6 is 34.8 Å². The van der Waals surface area contributed by atoms with Crippen molar-refractivity contribution in [1.29, 1.82) is 0 Å². The zero-order valence-electron chi connectivity index (χ0n) is 7.66. The minimum atomic E-state index is -3.81. The Morgan fingerprint density at radius 2 is 1.93 bits per heavy atom. The number of alkyl halides is 3. The summed E-state index contributed by atoms with van der Waals surface area (Å²) in [5.41, 5.74) is 0.647. The van der Waals surface area contributed by atoms with E-state index >= 15 is 0 Å². The quantitative estimate of drug-likeness (QED) is 0.549. The van der Waals surface area contributed by atoms with Gasteiger partial charge in [0, 0.05) is 0 Å². The van der Waals surface area contributed by atoms with Crippen LogP contribution in [-0.4, -0.2) is 16.8 Å². The first kappa shape index (κ1) is 11.8. The monoisotopic (exact) mass is 286 g/mol. The smallest absolute Gasteiger partial charge is 0.224 e. The van der Waals surface area contributed by atoms with Gasteiger partial charge in [0.2, 0.25) is 9.84 Å². The summed E-state index contributed by atoms with van der Waals surface area (Å²) < 4.78 is 21.7. The van der Waals surface area contributed by atoms with Gasteiger partial charge in [0.25, 0.3) is 3.12 Å². The minimum Gasteiger partial charge on any atom is -0.224 e. The molecule has 0 spiro atoms. The van der Waals surface area contributed by atoms with Crippen LogP contribution in [0, 0.1) is 11.8 Å². The maximum absolute atomic E-state index is 12.0. The standard InChI is InChI=1S/C9H9Cl3O2S/c1-5-6-2-3-7(4-6)8(5)15(13,14)9(10,11)12/h2-3,6-8H,1,4H2/t6-,7+,8+/m0/s1. The third kappa shape index (κ3) is 1.64. The molecule has 1 saturated carbocycles. The average Bonchev–Trinajstić information content (AvgIpc) is 2.60. The molecule has 1 fully saturated rings. The summed E-state index contributed by atoms with van der Waals surface area (Å²) in [7, 11) is -3.81. The molecule has 2 nitrogen and oxygen atoms in total. The molecule has 84 valence electrons. The van der Waals surface area contributed by atoms with Gasteiger partial charge in [-0.3, -0.25) is 0 Å². The predicted molar refractivity (Wildman–Crippen MR) is 62.9 cm³/mol. The summed E-state index contributed by atoms with van der Waals surface area (Å²) >= 11 is 16.5. The fourth-order valence-electron chi connectivity index (χ4n) is 2.29. The zero-order chi connectivity index (χ0) is 11.4.